The maximum atomic E-state index is 13.1. The normalized spacial score (nSPS) is 10.9. The molecule has 0 amide bonds. The number of benzene rings is 1. The van der Waals surface area contributed by atoms with Crippen LogP contribution >= 0.6 is 11.6 Å². The van der Waals surface area contributed by atoms with E-state index < -0.39 is 5.82 Å². The summed E-state index contributed by atoms with van der Waals surface area (Å²) in [4.78, 5) is 17.5. The smallest absolute Gasteiger partial charge is 0.251 e. The average Bonchev–Trinajstić information content (AvgIpc) is 2.31. The lowest BCUT2D eigenvalue weighted by Gasteiger charge is -1.96. The van der Waals surface area contributed by atoms with Gasteiger partial charge in [0, 0.05) is 12.3 Å². The van der Waals surface area contributed by atoms with Crippen molar-refractivity contribution in [1.82, 2.24) is 9.97 Å². The second-order valence-corrected chi connectivity index (χ2v) is 3.73. The maximum Gasteiger partial charge on any atom is 0.251 e. The van der Waals surface area contributed by atoms with Gasteiger partial charge in [-0.15, -0.1) is 0 Å². The third kappa shape index (κ3) is 3.01. The summed E-state index contributed by atoms with van der Waals surface area (Å²) in [7, 11) is 0. The van der Waals surface area contributed by atoms with Crippen molar-refractivity contribution in [1.29, 1.82) is 0 Å². The predicted molar refractivity (Wildman–Crippen MR) is 65.2 cm³/mol. The van der Waals surface area contributed by atoms with Gasteiger partial charge in [0.25, 0.3) is 5.56 Å². The molecule has 0 saturated carbocycles. The molecule has 0 spiro atoms. The van der Waals surface area contributed by atoms with Crippen LogP contribution in [0.2, 0.25) is 5.02 Å². The third-order valence-electron chi connectivity index (χ3n) is 2.07. The highest BCUT2D eigenvalue weighted by molar-refractivity contribution is 6.30. The Morgan fingerprint density at radius 3 is 2.82 bits per heavy atom. The number of nitrogens with one attached hydrogen (secondary N) is 1. The molecule has 0 saturated heterocycles. The van der Waals surface area contributed by atoms with Gasteiger partial charge in [-0.1, -0.05) is 23.7 Å². The second kappa shape index (κ2) is 4.93. The van der Waals surface area contributed by atoms with Gasteiger partial charge in [-0.3, -0.25) is 4.79 Å². The largest absolute Gasteiger partial charge is 0.307 e. The van der Waals surface area contributed by atoms with E-state index in [4.69, 9.17) is 11.6 Å². The fourth-order valence-corrected chi connectivity index (χ4v) is 1.38. The molecular formula is C12H8ClFN2O. The fraction of sp³-hybridized carbons (Fsp3) is 0. The molecule has 3 nitrogen and oxygen atoms in total. The lowest BCUT2D eigenvalue weighted by Crippen LogP contribution is -2.05. The summed E-state index contributed by atoms with van der Waals surface area (Å²) < 4.78 is 13.1. The quantitative estimate of drug-likeness (QED) is 0.891. The Bertz CT molecular complexity index is 622. The van der Waals surface area contributed by atoms with E-state index in [-0.39, 0.29) is 10.6 Å². The first-order valence-electron chi connectivity index (χ1n) is 4.83. The molecule has 5 heteroatoms. The van der Waals surface area contributed by atoms with Gasteiger partial charge in [0.05, 0.1) is 5.02 Å². The van der Waals surface area contributed by atoms with Crippen LogP contribution in [0.4, 0.5) is 4.39 Å². The lowest BCUT2D eigenvalue weighted by molar-refractivity contribution is 0.628. The molecular weight excluding hydrogens is 243 g/mol. The minimum Gasteiger partial charge on any atom is -0.307 e. The molecule has 1 N–H and O–H groups in total. The lowest BCUT2D eigenvalue weighted by atomic mass is 10.2. The summed E-state index contributed by atoms with van der Waals surface area (Å²) in [5.74, 6) is -0.0730. The number of hydrogen-bond acceptors (Lipinski definition) is 2. The van der Waals surface area contributed by atoms with Crippen LogP contribution in [-0.2, 0) is 0 Å². The van der Waals surface area contributed by atoms with Gasteiger partial charge < -0.3 is 4.98 Å². The van der Waals surface area contributed by atoms with Gasteiger partial charge >= 0.3 is 0 Å². The zero-order valence-corrected chi connectivity index (χ0v) is 9.41. The molecule has 0 fully saturated rings. The van der Waals surface area contributed by atoms with Gasteiger partial charge in [0.1, 0.15) is 11.6 Å². The molecule has 0 bridgehead atoms. The van der Waals surface area contributed by atoms with E-state index in [1.165, 1.54) is 24.4 Å². The van der Waals surface area contributed by atoms with Crippen LogP contribution in [0.1, 0.15) is 11.4 Å². The van der Waals surface area contributed by atoms with E-state index in [0.717, 1.165) is 0 Å². The third-order valence-corrected chi connectivity index (χ3v) is 2.37. The molecule has 0 aliphatic heterocycles. The first-order chi connectivity index (χ1) is 8.15. The Hall–Kier alpha value is -1.94. The first-order valence-corrected chi connectivity index (χ1v) is 5.21. The van der Waals surface area contributed by atoms with E-state index >= 15 is 0 Å². The Kier molecular flexibility index (Phi) is 3.35. The predicted octanol–water partition coefficient (Wildman–Crippen LogP) is 2.73. The summed E-state index contributed by atoms with van der Waals surface area (Å²) in [6, 6.07) is 5.76. The van der Waals surface area contributed by atoms with Crippen LogP contribution in [-0.4, -0.2) is 9.97 Å². The average molecular weight is 251 g/mol. The van der Waals surface area contributed by atoms with Crippen LogP contribution in [0, 0.1) is 5.82 Å². The molecule has 2 aromatic rings. The van der Waals surface area contributed by atoms with Crippen LogP contribution in [0.5, 0.6) is 0 Å². The maximum absolute atomic E-state index is 13.1. The number of hydrogen-bond donors (Lipinski definition) is 1. The van der Waals surface area contributed by atoms with Crippen molar-refractivity contribution >= 4 is 23.8 Å². The van der Waals surface area contributed by atoms with Crippen LogP contribution in [0.3, 0.4) is 0 Å². The highest BCUT2D eigenvalue weighted by Crippen LogP contribution is 2.16. The Morgan fingerprint density at radius 2 is 2.12 bits per heavy atom. The van der Waals surface area contributed by atoms with Gasteiger partial charge in [0.15, 0.2) is 0 Å². The molecule has 0 unspecified atom stereocenters. The first kappa shape index (κ1) is 11.5. The van der Waals surface area contributed by atoms with E-state index in [2.05, 4.69) is 9.97 Å². The molecule has 0 aliphatic rings. The number of nitrogens with zero attached hydrogens (tertiary/aromatic N) is 1. The number of halogens is 2. The van der Waals surface area contributed by atoms with E-state index in [1.54, 1.807) is 18.2 Å². The van der Waals surface area contributed by atoms with Gasteiger partial charge in [-0.25, -0.2) is 9.37 Å². The minimum absolute atomic E-state index is 0.0772. The second-order valence-electron chi connectivity index (χ2n) is 3.33. The van der Waals surface area contributed by atoms with Crippen molar-refractivity contribution in [3.63, 3.8) is 0 Å². The molecule has 1 heterocycles. The molecule has 0 aliphatic carbocycles. The SMILES string of the molecule is O=c1ccnc(/C=C/c2ccc(Cl)c(F)c2)[nH]1. The standard InChI is InChI=1S/C12H8ClFN2O/c13-9-3-1-8(7-10(9)14)2-4-11-15-6-5-12(17)16-11/h1-7H,(H,15,16,17)/b4-2+. The van der Waals surface area contributed by atoms with E-state index in [1.807, 2.05) is 0 Å². The monoisotopic (exact) mass is 250 g/mol. The Balaban J connectivity index is 2.26. The van der Waals surface area contributed by atoms with Gasteiger partial charge in [-0.2, -0.15) is 0 Å². The zero-order valence-electron chi connectivity index (χ0n) is 8.65. The van der Waals surface area contributed by atoms with Crippen LogP contribution < -0.4 is 5.56 Å². The summed E-state index contributed by atoms with van der Waals surface area (Å²) in [6.07, 6.45) is 4.63. The summed E-state index contributed by atoms with van der Waals surface area (Å²) in [5, 5.41) is 0.0772. The van der Waals surface area contributed by atoms with E-state index in [0.29, 0.717) is 11.4 Å². The molecule has 0 radical (unpaired) electrons. The van der Waals surface area contributed by atoms with Crippen molar-refractivity contribution in [3.8, 4) is 0 Å². The highest BCUT2D eigenvalue weighted by atomic mass is 35.5. The molecule has 0 atom stereocenters. The van der Waals surface area contributed by atoms with Crippen molar-refractivity contribution in [3.05, 3.63) is 63.0 Å². The van der Waals surface area contributed by atoms with Gasteiger partial charge in [-0.05, 0) is 23.8 Å². The Labute approximate surface area is 102 Å². The molecule has 2 rings (SSSR count). The summed E-state index contributed by atoms with van der Waals surface area (Å²) >= 11 is 5.56. The van der Waals surface area contributed by atoms with Crippen molar-refractivity contribution in [2.24, 2.45) is 0 Å². The summed E-state index contributed by atoms with van der Waals surface area (Å²) in [6.45, 7) is 0. The topological polar surface area (TPSA) is 45.8 Å². The van der Waals surface area contributed by atoms with E-state index in [9.17, 15) is 9.18 Å². The van der Waals surface area contributed by atoms with Crippen molar-refractivity contribution < 1.29 is 4.39 Å². The molecule has 86 valence electrons. The Morgan fingerprint density at radius 1 is 1.29 bits per heavy atom. The number of aromatic nitrogens is 2. The van der Waals surface area contributed by atoms with Crippen LogP contribution in [0.15, 0.2) is 35.3 Å². The van der Waals surface area contributed by atoms with Gasteiger partial charge in [0.2, 0.25) is 0 Å². The fourth-order valence-electron chi connectivity index (χ4n) is 1.26. The molecule has 1 aromatic carbocycles. The summed E-state index contributed by atoms with van der Waals surface area (Å²) in [5.41, 5.74) is 0.403. The number of aromatic amines is 1. The molecule has 1 aromatic heterocycles. The van der Waals surface area contributed by atoms with Crippen molar-refractivity contribution in [2.75, 3.05) is 0 Å². The van der Waals surface area contributed by atoms with Crippen LogP contribution in [0.25, 0.3) is 12.2 Å². The zero-order chi connectivity index (χ0) is 12.3. The molecule has 17 heavy (non-hydrogen) atoms. The van der Waals surface area contributed by atoms with Crippen molar-refractivity contribution in [2.45, 2.75) is 0 Å². The highest BCUT2D eigenvalue weighted by Gasteiger charge is 1.98. The minimum atomic E-state index is -0.483. The number of rotatable bonds is 2. The number of H-pyrrole nitrogens is 1.